The third-order valence-corrected chi connectivity index (χ3v) is 4.70. The Morgan fingerprint density at radius 2 is 2.24 bits per heavy atom. The first-order chi connectivity index (χ1) is 8.26. The summed E-state index contributed by atoms with van der Waals surface area (Å²) in [7, 11) is 0. The summed E-state index contributed by atoms with van der Waals surface area (Å²) in [4.78, 5) is 0. The van der Waals surface area contributed by atoms with Gasteiger partial charge in [-0.2, -0.15) is 5.26 Å². The van der Waals surface area contributed by atoms with Gasteiger partial charge in [0.25, 0.3) is 0 Å². The van der Waals surface area contributed by atoms with Crippen molar-refractivity contribution in [1.82, 2.24) is 5.32 Å². The second kappa shape index (κ2) is 5.37. The number of ether oxygens (including phenoxy) is 1. The molecule has 96 valence electrons. The molecule has 0 heterocycles. The standard InChI is InChI=1S/C14H24N2O/c1-3-11(6-9-15)16-12-10-13(17-4-2)14(12)7-5-8-14/h11-13,16H,3-8,10H2,1-2H3/t11-,12+,13-/m1/s1. The molecule has 2 rings (SSSR count). The van der Waals surface area contributed by atoms with Gasteiger partial charge in [0.05, 0.1) is 18.6 Å². The van der Waals surface area contributed by atoms with Crippen LogP contribution in [0.25, 0.3) is 0 Å². The molecule has 1 N–H and O–H groups in total. The molecule has 0 amide bonds. The van der Waals surface area contributed by atoms with Gasteiger partial charge in [-0.25, -0.2) is 0 Å². The van der Waals surface area contributed by atoms with Gasteiger partial charge in [0.1, 0.15) is 0 Å². The second-order valence-corrected chi connectivity index (χ2v) is 5.45. The zero-order valence-electron chi connectivity index (χ0n) is 11.0. The van der Waals surface area contributed by atoms with Gasteiger partial charge in [0, 0.05) is 24.1 Å². The molecule has 17 heavy (non-hydrogen) atoms. The Kier molecular flexibility index (Phi) is 4.06. The van der Waals surface area contributed by atoms with Crippen LogP contribution in [0.5, 0.6) is 0 Å². The number of hydrogen-bond donors (Lipinski definition) is 1. The van der Waals surface area contributed by atoms with Gasteiger partial charge in [-0.05, 0) is 32.6 Å². The van der Waals surface area contributed by atoms with Crippen LogP contribution >= 0.6 is 0 Å². The molecule has 0 radical (unpaired) electrons. The minimum atomic E-state index is 0.366. The molecule has 0 bridgehead atoms. The summed E-state index contributed by atoms with van der Waals surface area (Å²) in [5.74, 6) is 0. The first-order valence-corrected chi connectivity index (χ1v) is 7.01. The number of nitriles is 1. The summed E-state index contributed by atoms with van der Waals surface area (Å²) >= 11 is 0. The van der Waals surface area contributed by atoms with E-state index in [2.05, 4.69) is 25.2 Å². The molecule has 2 aliphatic rings. The van der Waals surface area contributed by atoms with E-state index in [1.165, 1.54) is 19.3 Å². The molecule has 0 saturated heterocycles. The minimum absolute atomic E-state index is 0.366. The van der Waals surface area contributed by atoms with Crippen molar-refractivity contribution in [3.8, 4) is 6.07 Å². The molecule has 1 spiro atoms. The highest BCUT2D eigenvalue weighted by atomic mass is 16.5. The molecule has 3 heteroatoms. The number of rotatable bonds is 6. The van der Waals surface area contributed by atoms with Crippen molar-refractivity contribution < 1.29 is 4.74 Å². The van der Waals surface area contributed by atoms with E-state index in [0.29, 0.717) is 30.0 Å². The highest BCUT2D eigenvalue weighted by molar-refractivity contribution is 5.12. The Balaban J connectivity index is 1.88. The van der Waals surface area contributed by atoms with Crippen LogP contribution in [-0.4, -0.2) is 24.8 Å². The van der Waals surface area contributed by atoms with Crippen molar-refractivity contribution >= 4 is 0 Å². The topological polar surface area (TPSA) is 45.0 Å². The average molecular weight is 236 g/mol. The Morgan fingerprint density at radius 1 is 1.47 bits per heavy atom. The van der Waals surface area contributed by atoms with Gasteiger partial charge in [-0.3, -0.25) is 0 Å². The maximum absolute atomic E-state index is 8.79. The molecular formula is C14H24N2O. The van der Waals surface area contributed by atoms with Gasteiger partial charge in [-0.15, -0.1) is 0 Å². The lowest BCUT2D eigenvalue weighted by Gasteiger charge is -2.61. The van der Waals surface area contributed by atoms with Crippen molar-refractivity contribution in [1.29, 1.82) is 5.26 Å². The van der Waals surface area contributed by atoms with Gasteiger partial charge in [0.2, 0.25) is 0 Å². The van der Waals surface area contributed by atoms with E-state index in [0.717, 1.165) is 19.4 Å². The van der Waals surface area contributed by atoms with Gasteiger partial charge >= 0.3 is 0 Å². The zero-order chi connectivity index (χ0) is 12.3. The molecular weight excluding hydrogens is 212 g/mol. The van der Waals surface area contributed by atoms with Crippen LogP contribution in [0.15, 0.2) is 0 Å². The van der Waals surface area contributed by atoms with Crippen molar-refractivity contribution in [2.45, 2.75) is 70.6 Å². The number of nitrogens with one attached hydrogen (secondary N) is 1. The summed E-state index contributed by atoms with van der Waals surface area (Å²) in [5, 5.41) is 12.5. The zero-order valence-corrected chi connectivity index (χ0v) is 11.0. The van der Waals surface area contributed by atoms with Crippen LogP contribution in [0, 0.1) is 16.7 Å². The highest BCUT2D eigenvalue weighted by Gasteiger charge is 2.58. The summed E-state index contributed by atoms with van der Waals surface area (Å²) in [6.45, 7) is 5.06. The quantitative estimate of drug-likeness (QED) is 0.771. The Morgan fingerprint density at radius 3 is 2.71 bits per heavy atom. The first-order valence-electron chi connectivity index (χ1n) is 7.01. The molecule has 3 atom stereocenters. The van der Waals surface area contributed by atoms with Crippen molar-refractivity contribution in [3.05, 3.63) is 0 Å². The van der Waals surface area contributed by atoms with E-state index in [1.54, 1.807) is 0 Å². The SMILES string of the molecule is CCO[C@@H]1C[C@H](N[C@H](CC)CC#N)C12CCC2. The van der Waals surface area contributed by atoms with E-state index >= 15 is 0 Å². The van der Waals surface area contributed by atoms with Crippen LogP contribution in [0.4, 0.5) is 0 Å². The van der Waals surface area contributed by atoms with Crippen LogP contribution in [0.2, 0.25) is 0 Å². The van der Waals surface area contributed by atoms with Gasteiger partial charge in [-0.1, -0.05) is 13.3 Å². The number of nitrogens with zero attached hydrogens (tertiary/aromatic N) is 1. The van der Waals surface area contributed by atoms with E-state index in [-0.39, 0.29) is 0 Å². The van der Waals surface area contributed by atoms with Crippen molar-refractivity contribution in [3.63, 3.8) is 0 Å². The molecule has 0 aliphatic heterocycles. The van der Waals surface area contributed by atoms with Crippen molar-refractivity contribution in [2.75, 3.05) is 6.61 Å². The predicted octanol–water partition coefficient (Wildman–Crippen LogP) is 2.62. The lowest BCUT2D eigenvalue weighted by molar-refractivity contribution is -0.174. The Labute approximate surface area is 105 Å². The minimum Gasteiger partial charge on any atom is -0.378 e. The molecule has 2 saturated carbocycles. The monoisotopic (exact) mass is 236 g/mol. The van der Waals surface area contributed by atoms with Gasteiger partial charge in [0.15, 0.2) is 0 Å². The maximum Gasteiger partial charge on any atom is 0.0661 e. The highest BCUT2D eigenvalue weighted by Crippen LogP contribution is 2.57. The number of hydrogen-bond acceptors (Lipinski definition) is 3. The van der Waals surface area contributed by atoms with E-state index in [1.807, 2.05) is 0 Å². The predicted molar refractivity (Wildman–Crippen MR) is 67.5 cm³/mol. The summed E-state index contributed by atoms with van der Waals surface area (Å²) in [6.07, 6.45) is 7.23. The average Bonchev–Trinajstić information content (AvgIpc) is 2.24. The molecule has 3 nitrogen and oxygen atoms in total. The fourth-order valence-electron chi connectivity index (χ4n) is 3.39. The Bertz CT molecular complexity index is 293. The smallest absolute Gasteiger partial charge is 0.0661 e. The second-order valence-electron chi connectivity index (χ2n) is 5.45. The summed E-state index contributed by atoms with van der Waals surface area (Å²) in [6, 6.07) is 3.23. The largest absolute Gasteiger partial charge is 0.378 e. The van der Waals surface area contributed by atoms with E-state index in [9.17, 15) is 0 Å². The molecule has 0 unspecified atom stereocenters. The molecule has 0 aromatic rings. The summed E-state index contributed by atoms with van der Waals surface area (Å²) < 4.78 is 5.84. The van der Waals surface area contributed by atoms with E-state index < -0.39 is 0 Å². The fraction of sp³-hybridized carbons (Fsp3) is 0.929. The maximum atomic E-state index is 8.79. The molecule has 0 aromatic heterocycles. The van der Waals surface area contributed by atoms with Crippen LogP contribution < -0.4 is 5.32 Å². The van der Waals surface area contributed by atoms with Crippen molar-refractivity contribution in [2.24, 2.45) is 5.41 Å². The van der Waals surface area contributed by atoms with Crippen LogP contribution in [-0.2, 0) is 4.74 Å². The lowest BCUT2D eigenvalue weighted by Crippen LogP contribution is -2.68. The van der Waals surface area contributed by atoms with Gasteiger partial charge < -0.3 is 10.1 Å². The lowest BCUT2D eigenvalue weighted by atomic mass is 9.51. The van der Waals surface area contributed by atoms with Crippen LogP contribution in [0.3, 0.4) is 0 Å². The molecule has 0 aromatic carbocycles. The molecule has 2 fully saturated rings. The normalized spacial score (nSPS) is 31.4. The molecule has 2 aliphatic carbocycles. The third-order valence-electron chi connectivity index (χ3n) is 4.70. The third kappa shape index (κ3) is 2.21. The first kappa shape index (κ1) is 12.9. The Hall–Kier alpha value is -0.590. The van der Waals surface area contributed by atoms with Crippen LogP contribution in [0.1, 0.15) is 52.4 Å². The fourth-order valence-corrected chi connectivity index (χ4v) is 3.39. The van der Waals surface area contributed by atoms with E-state index in [4.69, 9.17) is 10.00 Å². The summed E-state index contributed by atoms with van der Waals surface area (Å²) in [5.41, 5.74) is 0.416.